The van der Waals surface area contributed by atoms with Gasteiger partial charge in [-0.05, 0) is 50.0 Å². The molecule has 0 aliphatic carbocycles. The molecule has 1 saturated heterocycles. The van der Waals surface area contributed by atoms with Gasteiger partial charge in [-0.2, -0.15) is 5.26 Å². The monoisotopic (exact) mass is 200 g/mol. The van der Waals surface area contributed by atoms with Gasteiger partial charge in [-0.1, -0.05) is 12.1 Å². The number of nitrogens with zero attached hydrogens (tertiary/aromatic N) is 2. The Bertz CT molecular complexity index is 378. The summed E-state index contributed by atoms with van der Waals surface area (Å²) in [6.07, 6.45) is 2.51. The fraction of sp³-hybridized carbons (Fsp3) is 0.462. The van der Waals surface area contributed by atoms with E-state index >= 15 is 0 Å². The van der Waals surface area contributed by atoms with Gasteiger partial charge in [0.1, 0.15) is 0 Å². The van der Waals surface area contributed by atoms with E-state index < -0.39 is 0 Å². The van der Waals surface area contributed by atoms with E-state index in [2.05, 4.69) is 24.1 Å². The van der Waals surface area contributed by atoms with Crippen LogP contribution in [-0.2, 0) is 0 Å². The van der Waals surface area contributed by atoms with Crippen molar-refractivity contribution in [3.63, 3.8) is 0 Å². The van der Waals surface area contributed by atoms with Crippen molar-refractivity contribution >= 4 is 0 Å². The first-order chi connectivity index (χ1) is 7.29. The van der Waals surface area contributed by atoms with Crippen LogP contribution in [0.2, 0.25) is 0 Å². The highest BCUT2D eigenvalue weighted by Crippen LogP contribution is 2.26. The zero-order valence-corrected chi connectivity index (χ0v) is 9.11. The van der Waals surface area contributed by atoms with Gasteiger partial charge in [0.05, 0.1) is 11.6 Å². The average Bonchev–Trinajstić information content (AvgIpc) is 2.29. The summed E-state index contributed by atoms with van der Waals surface area (Å²) in [6, 6.07) is 10.2. The molecule has 2 nitrogen and oxygen atoms in total. The summed E-state index contributed by atoms with van der Waals surface area (Å²) in [7, 11) is 2.17. The molecule has 1 aliphatic rings. The lowest BCUT2D eigenvalue weighted by Crippen LogP contribution is -2.30. The Morgan fingerprint density at radius 2 is 2.33 bits per heavy atom. The van der Waals surface area contributed by atoms with Crippen LogP contribution in [0.4, 0.5) is 0 Å². The van der Waals surface area contributed by atoms with E-state index in [0.29, 0.717) is 5.92 Å². The molecule has 0 saturated carbocycles. The van der Waals surface area contributed by atoms with Crippen molar-refractivity contribution < 1.29 is 0 Å². The van der Waals surface area contributed by atoms with Gasteiger partial charge < -0.3 is 4.90 Å². The van der Waals surface area contributed by atoms with Crippen LogP contribution in [0, 0.1) is 11.3 Å². The van der Waals surface area contributed by atoms with E-state index in [-0.39, 0.29) is 0 Å². The van der Waals surface area contributed by atoms with Gasteiger partial charge in [-0.3, -0.25) is 0 Å². The molecule has 2 heteroatoms. The van der Waals surface area contributed by atoms with Gasteiger partial charge in [-0.25, -0.2) is 0 Å². The molecule has 0 amide bonds. The summed E-state index contributed by atoms with van der Waals surface area (Å²) in [4.78, 5) is 2.37. The molecule has 1 aromatic carbocycles. The number of likely N-dealkylation sites (tertiary alicyclic amines) is 1. The average molecular weight is 200 g/mol. The van der Waals surface area contributed by atoms with Gasteiger partial charge >= 0.3 is 0 Å². The van der Waals surface area contributed by atoms with Gasteiger partial charge in [0, 0.05) is 6.54 Å². The Morgan fingerprint density at radius 1 is 1.47 bits per heavy atom. The fourth-order valence-corrected chi connectivity index (χ4v) is 2.30. The van der Waals surface area contributed by atoms with Crippen LogP contribution in [-0.4, -0.2) is 25.0 Å². The van der Waals surface area contributed by atoms with E-state index in [4.69, 9.17) is 5.26 Å². The van der Waals surface area contributed by atoms with E-state index in [0.717, 1.165) is 12.1 Å². The molecule has 15 heavy (non-hydrogen) atoms. The highest BCUT2D eigenvalue weighted by atomic mass is 15.1. The van der Waals surface area contributed by atoms with Gasteiger partial charge in [0.2, 0.25) is 0 Å². The van der Waals surface area contributed by atoms with E-state index in [1.165, 1.54) is 24.9 Å². The molecule has 0 bridgehead atoms. The second kappa shape index (κ2) is 4.46. The minimum Gasteiger partial charge on any atom is -0.306 e. The highest BCUT2D eigenvalue weighted by Gasteiger charge is 2.18. The number of rotatable bonds is 1. The highest BCUT2D eigenvalue weighted by molar-refractivity contribution is 5.34. The SMILES string of the molecule is CN1CCC[C@@H](c2cccc(C#N)c2)C1. The molecular formula is C13H16N2. The number of hydrogen-bond acceptors (Lipinski definition) is 2. The molecule has 1 heterocycles. The predicted molar refractivity (Wildman–Crippen MR) is 60.6 cm³/mol. The van der Waals surface area contributed by atoms with E-state index in [9.17, 15) is 0 Å². The van der Waals surface area contributed by atoms with Crippen LogP contribution in [0.3, 0.4) is 0 Å². The van der Waals surface area contributed by atoms with Crippen LogP contribution < -0.4 is 0 Å². The second-order valence-corrected chi connectivity index (χ2v) is 4.34. The van der Waals surface area contributed by atoms with Crippen molar-refractivity contribution in [1.82, 2.24) is 4.90 Å². The van der Waals surface area contributed by atoms with E-state index in [1.807, 2.05) is 18.2 Å². The van der Waals surface area contributed by atoms with Crippen molar-refractivity contribution in [2.45, 2.75) is 18.8 Å². The minimum absolute atomic E-state index is 0.608. The molecule has 2 rings (SSSR count). The first kappa shape index (κ1) is 10.2. The van der Waals surface area contributed by atoms with Crippen molar-refractivity contribution in [1.29, 1.82) is 5.26 Å². The Morgan fingerprint density at radius 3 is 3.07 bits per heavy atom. The van der Waals surface area contributed by atoms with Gasteiger partial charge in [0.25, 0.3) is 0 Å². The van der Waals surface area contributed by atoms with Crippen molar-refractivity contribution in [2.24, 2.45) is 0 Å². The Hall–Kier alpha value is -1.33. The normalized spacial score (nSPS) is 22.3. The molecule has 1 aliphatic heterocycles. The summed E-state index contributed by atoms with van der Waals surface area (Å²) >= 11 is 0. The number of benzene rings is 1. The quantitative estimate of drug-likeness (QED) is 0.696. The van der Waals surface area contributed by atoms with E-state index in [1.54, 1.807) is 0 Å². The molecular weight excluding hydrogens is 184 g/mol. The molecule has 0 unspecified atom stereocenters. The number of hydrogen-bond donors (Lipinski definition) is 0. The second-order valence-electron chi connectivity index (χ2n) is 4.34. The van der Waals surface area contributed by atoms with Crippen LogP contribution in [0.1, 0.15) is 29.9 Å². The Labute approximate surface area is 91.1 Å². The predicted octanol–water partition coefficient (Wildman–Crippen LogP) is 2.37. The Balaban J connectivity index is 2.18. The molecule has 0 N–H and O–H groups in total. The molecule has 1 aromatic rings. The maximum Gasteiger partial charge on any atom is 0.0991 e. The third-order valence-electron chi connectivity index (χ3n) is 3.11. The summed E-state index contributed by atoms with van der Waals surface area (Å²) in [5.74, 6) is 0.608. The smallest absolute Gasteiger partial charge is 0.0991 e. The summed E-state index contributed by atoms with van der Waals surface area (Å²) in [5.41, 5.74) is 2.10. The maximum atomic E-state index is 8.85. The molecule has 0 spiro atoms. The third-order valence-corrected chi connectivity index (χ3v) is 3.11. The largest absolute Gasteiger partial charge is 0.306 e. The minimum atomic E-state index is 0.608. The van der Waals surface area contributed by atoms with Gasteiger partial charge in [0.15, 0.2) is 0 Å². The first-order valence-electron chi connectivity index (χ1n) is 5.48. The number of nitriles is 1. The zero-order valence-electron chi connectivity index (χ0n) is 9.11. The standard InChI is InChI=1S/C13H16N2/c1-15-7-3-6-13(10-15)12-5-2-4-11(8-12)9-14/h2,4-5,8,13H,3,6-7,10H2,1H3/t13-/m1/s1. The van der Waals surface area contributed by atoms with Crippen LogP contribution in [0.15, 0.2) is 24.3 Å². The number of piperidine rings is 1. The lowest BCUT2D eigenvalue weighted by atomic mass is 9.90. The van der Waals surface area contributed by atoms with Crippen molar-refractivity contribution in [2.75, 3.05) is 20.1 Å². The fourth-order valence-electron chi connectivity index (χ4n) is 2.30. The van der Waals surface area contributed by atoms with Crippen LogP contribution in [0.5, 0.6) is 0 Å². The van der Waals surface area contributed by atoms with Crippen molar-refractivity contribution in [3.05, 3.63) is 35.4 Å². The topological polar surface area (TPSA) is 27.0 Å². The first-order valence-corrected chi connectivity index (χ1v) is 5.48. The summed E-state index contributed by atoms with van der Waals surface area (Å²) in [6.45, 7) is 2.32. The summed E-state index contributed by atoms with van der Waals surface area (Å²) in [5, 5.41) is 8.85. The zero-order chi connectivity index (χ0) is 10.7. The lowest BCUT2D eigenvalue weighted by molar-refractivity contribution is 0.251. The number of likely N-dealkylation sites (N-methyl/N-ethyl adjacent to an activating group) is 1. The molecule has 0 radical (unpaired) electrons. The van der Waals surface area contributed by atoms with Crippen LogP contribution >= 0.6 is 0 Å². The molecule has 1 fully saturated rings. The molecule has 78 valence electrons. The van der Waals surface area contributed by atoms with Crippen molar-refractivity contribution in [3.8, 4) is 6.07 Å². The Kier molecular flexibility index (Phi) is 3.03. The van der Waals surface area contributed by atoms with Gasteiger partial charge in [-0.15, -0.1) is 0 Å². The third kappa shape index (κ3) is 2.37. The molecule has 0 aromatic heterocycles. The van der Waals surface area contributed by atoms with Crippen LogP contribution in [0.25, 0.3) is 0 Å². The molecule has 1 atom stereocenters. The maximum absolute atomic E-state index is 8.85. The summed E-state index contributed by atoms with van der Waals surface area (Å²) < 4.78 is 0. The lowest BCUT2D eigenvalue weighted by Gasteiger charge is -2.29.